The highest BCUT2D eigenvalue weighted by Crippen LogP contribution is 2.34. The first-order valence-electron chi connectivity index (χ1n) is 5.99. The smallest absolute Gasteiger partial charge is 0.372 e. The molecule has 1 rings (SSSR count). The zero-order valence-corrected chi connectivity index (χ0v) is 11.1. The highest BCUT2D eigenvalue weighted by Gasteiger charge is 2.33. The summed E-state index contributed by atoms with van der Waals surface area (Å²) in [5.74, 6) is -0.675. The van der Waals surface area contributed by atoms with Crippen LogP contribution in [0.2, 0.25) is 0 Å². The molecule has 0 atom stereocenters. The monoisotopic (exact) mass is 306 g/mol. The van der Waals surface area contributed by atoms with Gasteiger partial charge in [-0.15, -0.1) is 0 Å². The van der Waals surface area contributed by atoms with Gasteiger partial charge in [0.25, 0.3) is 11.6 Å². The summed E-state index contributed by atoms with van der Waals surface area (Å²) < 4.78 is 42.4. The number of nitrogens with zero attached hydrogens (tertiary/aromatic N) is 1. The van der Waals surface area contributed by atoms with E-state index >= 15 is 0 Å². The lowest BCUT2D eigenvalue weighted by Gasteiger charge is -2.10. The summed E-state index contributed by atoms with van der Waals surface area (Å²) in [5.41, 5.74) is -2.29. The minimum Gasteiger partial charge on any atom is -0.372 e. The van der Waals surface area contributed by atoms with E-state index in [1.165, 1.54) is 0 Å². The second-order valence-electron chi connectivity index (χ2n) is 4.09. The number of nitrogens with one attached hydrogen (secondary N) is 1. The van der Waals surface area contributed by atoms with Gasteiger partial charge in [0, 0.05) is 12.7 Å². The number of benzene rings is 1. The van der Waals surface area contributed by atoms with Crippen LogP contribution in [0.5, 0.6) is 0 Å². The van der Waals surface area contributed by atoms with Crippen LogP contribution < -0.4 is 5.32 Å². The summed E-state index contributed by atoms with van der Waals surface area (Å²) >= 11 is 0. The molecule has 0 spiro atoms. The van der Waals surface area contributed by atoms with Crippen molar-refractivity contribution in [3.63, 3.8) is 0 Å². The van der Waals surface area contributed by atoms with Gasteiger partial charge in [0.1, 0.15) is 12.3 Å². The van der Waals surface area contributed by atoms with Crippen molar-refractivity contribution in [1.29, 1.82) is 0 Å². The molecule has 1 aromatic carbocycles. The molecule has 6 nitrogen and oxygen atoms in total. The van der Waals surface area contributed by atoms with Crippen LogP contribution in [0.25, 0.3) is 0 Å². The fraction of sp³-hybridized carbons (Fsp3) is 0.417. The van der Waals surface area contributed by atoms with Gasteiger partial charge < -0.3 is 10.1 Å². The third kappa shape index (κ3) is 5.03. The number of ether oxygens (including phenoxy) is 1. The maximum atomic E-state index is 12.5. The lowest BCUT2D eigenvalue weighted by Crippen LogP contribution is -2.19. The quantitative estimate of drug-likeness (QED) is 0.497. The summed E-state index contributed by atoms with van der Waals surface area (Å²) in [6.45, 7) is 1.84. The number of carbonyl (C=O) groups excluding carboxylic acids is 1. The Balaban J connectivity index is 2.92. The minimum atomic E-state index is -4.70. The van der Waals surface area contributed by atoms with Crippen molar-refractivity contribution >= 4 is 17.3 Å². The van der Waals surface area contributed by atoms with E-state index < -0.39 is 28.3 Å². The first-order chi connectivity index (χ1) is 9.75. The summed E-state index contributed by atoms with van der Waals surface area (Å²) in [6, 6.07) is 1.89. The fourth-order valence-corrected chi connectivity index (χ4v) is 1.46. The molecule has 116 valence electrons. The first kappa shape index (κ1) is 16.9. The molecule has 0 bridgehead atoms. The number of rotatable bonds is 6. The molecule has 0 heterocycles. The Morgan fingerprint density at radius 3 is 2.62 bits per heavy atom. The van der Waals surface area contributed by atoms with E-state index in [0.717, 1.165) is 6.07 Å². The lowest BCUT2D eigenvalue weighted by molar-refractivity contribution is -0.384. The minimum absolute atomic E-state index is 0.307. The Hall–Kier alpha value is -2.16. The van der Waals surface area contributed by atoms with Crippen molar-refractivity contribution in [3.8, 4) is 0 Å². The van der Waals surface area contributed by atoms with Crippen molar-refractivity contribution in [2.75, 3.05) is 18.5 Å². The van der Waals surface area contributed by atoms with Gasteiger partial charge in [0.15, 0.2) is 0 Å². The molecule has 21 heavy (non-hydrogen) atoms. The highest BCUT2D eigenvalue weighted by molar-refractivity contribution is 5.94. The van der Waals surface area contributed by atoms with Gasteiger partial charge in [-0.05, 0) is 18.6 Å². The average Bonchev–Trinajstić information content (AvgIpc) is 2.37. The molecule has 0 fully saturated rings. The zero-order chi connectivity index (χ0) is 16.0. The molecule has 1 amide bonds. The summed E-state index contributed by atoms with van der Waals surface area (Å²) in [5, 5.41) is 13.0. The van der Waals surface area contributed by atoms with E-state index in [9.17, 15) is 28.1 Å². The van der Waals surface area contributed by atoms with E-state index in [-0.39, 0.29) is 12.3 Å². The first-order valence-corrected chi connectivity index (χ1v) is 5.99. The van der Waals surface area contributed by atoms with E-state index in [1.54, 1.807) is 0 Å². The fourth-order valence-electron chi connectivity index (χ4n) is 1.46. The van der Waals surface area contributed by atoms with Crippen molar-refractivity contribution in [2.24, 2.45) is 0 Å². The normalized spacial score (nSPS) is 11.2. The van der Waals surface area contributed by atoms with Crippen LogP contribution in [0.3, 0.4) is 0 Å². The van der Waals surface area contributed by atoms with Gasteiger partial charge in [-0.1, -0.05) is 6.92 Å². The van der Waals surface area contributed by atoms with Gasteiger partial charge in [0.2, 0.25) is 0 Å². The number of halogens is 3. The maximum Gasteiger partial charge on any atom is 0.416 e. The molecule has 0 aromatic heterocycles. The van der Waals surface area contributed by atoms with Crippen LogP contribution >= 0.6 is 0 Å². The van der Waals surface area contributed by atoms with Gasteiger partial charge in [-0.2, -0.15) is 13.2 Å². The molecule has 0 saturated heterocycles. The summed E-state index contributed by atoms with van der Waals surface area (Å²) in [6.07, 6.45) is -4.01. The maximum absolute atomic E-state index is 12.5. The number of anilines is 1. The second-order valence-corrected chi connectivity index (χ2v) is 4.09. The van der Waals surface area contributed by atoms with Gasteiger partial charge in [-0.3, -0.25) is 14.9 Å². The molecule has 9 heteroatoms. The number of alkyl halides is 3. The summed E-state index contributed by atoms with van der Waals surface area (Å²) in [4.78, 5) is 21.3. The zero-order valence-electron chi connectivity index (χ0n) is 11.1. The molecule has 0 aliphatic heterocycles. The molecular weight excluding hydrogens is 293 g/mol. The van der Waals surface area contributed by atoms with Crippen LogP contribution in [0.15, 0.2) is 18.2 Å². The SMILES string of the molecule is CCCOCC(=O)Nc1ccc(C(F)(F)F)cc1[N+](=O)[O-]. The molecule has 0 saturated carbocycles. The van der Waals surface area contributed by atoms with Crippen molar-refractivity contribution in [3.05, 3.63) is 33.9 Å². The number of hydrogen-bond acceptors (Lipinski definition) is 4. The molecule has 0 aliphatic rings. The number of hydrogen-bond donors (Lipinski definition) is 1. The Kier molecular flexibility index (Phi) is 5.65. The van der Waals surface area contributed by atoms with Gasteiger partial charge in [0.05, 0.1) is 10.5 Å². The number of carbonyl (C=O) groups is 1. The molecule has 0 aliphatic carbocycles. The van der Waals surface area contributed by atoms with Gasteiger partial charge >= 0.3 is 6.18 Å². The largest absolute Gasteiger partial charge is 0.416 e. The molecule has 1 N–H and O–H groups in total. The van der Waals surface area contributed by atoms with Crippen LogP contribution in [0.4, 0.5) is 24.5 Å². The number of amides is 1. The molecule has 0 radical (unpaired) electrons. The molecule has 0 unspecified atom stereocenters. The van der Waals surface area contributed by atoms with E-state index in [4.69, 9.17) is 4.74 Å². The van der Waals surface area contributed by atoms with Crippen LogP contribution in [-0.2, 0) is 15.7 Å². The third-order valence-electron chi connectivity index (χ3n) is 2.38. The third-order valence-corrected chi connectivity index (χ3v) is 2.38. The standard InChI is InChI=1S/C12H13F3N2O4/c1-2-5-21-7-11(18)16-9-4-3-8(12(13,14)15)6-10(9)17(19)20/h3-4,6H,2,5,7H2,1H3,(H,16,18). The van der Waals surface area contributed by atoms with E-state index in [2.05, 4.69) is 5.32 Å². The van der Waals surface area contributed by atoms with Crippen LogP contribution in [0, 0.1) is 10.1 Å². The molecule has 1 aromatic rings. The van der Waals surface area contributed by atoms with E-state index in [1.807, 2.05) is 6.92 Å². The average molecular weight is 306 g/mol. The Morgan fingerprint density at radius 2 is 2.10 bits per heavy atom. The Labute approximate surface area is 118 Å². The van der Waals surface area contributed by atoms with Crippen LogP contribution in [-0.4, -0.2) is 24.0 Å². The Morgan fingerprint density at radius 1 is 1.43 bits per heavy atom. The summed E-state index contributed by atoms with van der Waals surface area (Å²) in [7, 11) is 0. The number of nitro groups is 1. The van der Waals surface area contributed by atoms with E-state index in [0.29, 0.717) is 25.2 Å². The predicted octanol–water partition coefficient (Wildman–Crippen LogP) is 2.98. The lowest BCUT2D eigenvalue weighted by atomic mass is 10.1. The van der Waals surface area contributed by atoms with Crippen molar-refractivity contribution < 1.29 is 27.6 Å². The second kappa shape index (κ2) is 7.02. The van der Waals surface area contributed by atoms with Crippen molar-refractivity contribution in [1.82, 2.24) is 0 Å². The topological polar surface area (TPSA) is 81.5 Å². The van der Waals surface area contributed by atoms with Gasteiger partial charge in [-0.25, -0.2) is 0 Å². The predicted molar refractivity (Wildman–Crippen MR) is 67.8 cm³/mol. The highest BCUT2D eigenvalue weighted by atomic mass is 19.4. The number of nitro benzene ring substituents is 1. The van der Waals surface area contributed by atoms with Crippen LogP contribution in [0.1, 0.15) is 18.9 Å². The Bertz CT molecular complexity index is 532. The molecular formula is C12H13F3N2O4. The van der Waals surface area contributed by atoms with Crippen molar-refractivity contribution in [2.45, 2.75) is 19.5 Å².